The molecular weight excluding hydrogens is 362 g/mol. The van der Waals surface area contributed by atoms with Gasteiger partial charge >= 0.3 is 23.2 Å². The Balaban J connectivity index is 2.26. The number of hydrogen-bond acceptors (Lipinski definition) is 11. The maximum Gasteiger partial charge on any atom is 0.415 e. The third-order valence-electron chi connectivity index (χ3n) is 2.60. The molecule has 1 aliphatic heterocycles. The highest BCUT2D eigenvalue weighted by atomic mass is 32.2. The Hall–Kier alpha value is -1.83. The van der Waals surface area contributed by atoms with E-state index < -0.39 is 59.9 Å². The van der Waals surface area contributed by atoms with E-state index in [0.29, 0.717) is 6.42 Å². The molecule has 1 heterocycles. The van der Waals surface area contributed by atoms with Crippen LogP contribution in [0.3, 0.4) is 0 Å². The smallest absolute Gasteiger partial charge is 0.415 e. The van der Waals surface area contributed by atoms with Gasteiger partial charge in [0.25, 0.3) is 0 Å². The third kappa shape index (κ3) is 6.74. The molecule has 1 aliphatic rings. The van der Waals surface area contributed by atoms with Gasteiger partial charge in [-0.3, -0.25) is 14.4 Å². The van der Waals surface area contributed by atoms with Gasteiger partial charge in [-0.15, -0.1) is 4.33 Å². The van der Waals surface area contributed by atoms with Gasteiger partial charge in [-0.25, -0.2) is 10.1 Å². The molecule has 0 aromatic carbocycles. The minimum absolute atomic E-state index is 0.215. The van der Waals surface area contributed by atoms with Crippen molar-refractivity contribution >= 4 is 35.7 Å². The Morgan fingerprint density at radius 1 is 1.33 bits per heavy atom. The molecule has 0 aliphatic carbocycles. The summed E-state index contributed by atoms with van der Waals surface area (Å²) in [6.07, 6.45) is -0.450. The van der Waals surface area contributed by atoms with Gasteiger partial charge in [0.05, 0.1) is 12.5 Å². The number of carbonyl (C=O) groups is 4. The summed E-state index contributed by atoms with van der Waals surface area (Å²) in [5.74, 6) is -5.26. The van der Waals surface area contributed by atoms with E-state index in [1.165, 1.54) is 0 Å². The number of cyclic esters (lactones) is 1. The van der Waals surface area contributed by atoms with E-state index in [1.54, 1.807) is 0 Å². The summed E-state index contributed by atoms with van der Waals surface area (Å²) < 4.78 is 42.7. The van der Waals surface area contributed by atoms with Crippen LogP contribution in [0.4, 0.5) is 8.78 Å². The maximum absolute atomic E-state index is 13.0. The zero-order valence-corrected chi connectivity index (χ0v) is 12.7. The van der Waals surface area contributed by atoms with Crippen molar-refractivity contribution in [1.29, 1.82) is 0 Å². The molecule has 0 saturated carbocycles. The Labute approximate surface area is 137 Å². The molecule has 24 heavy (non-hydrogen) atoms. The summed E-state index contributed by atoms with van der Waals surface area (Å²) >= 11 is -0.852. The van der Waals surface area contributed by atoms with E-state index >= 15 is 0 Å². The molecule has 136 valence electrons. The predicted molar refractivity (Wildman–Crippen MR) is 67.9 cm³/mol. The van der Waals surface area contributed by atoms with Crippen molar-refractivity contribution in [2.24, 2.45) is 5.92 Å². The number of ketones is 1. The average molecular weight is 374 g/mol. The summed E-state index contributed by atoms with van der Waals surface area (Å²) in [6, 6.07) is 0. The first-order valence-electron chi connectivity index (χ1n) is 6.31. The third-order valence-corrected chi connectivity index (χ3v) is 3.11. The second-order valence-electron chi connectivity index (χ2n) is 4.37. The van der Waals surface area contributed by atoms with Crippen LogP contribution in [-0.4, -0.2) is 54.0 Å². The summed E-state index contributed by atoms with van der Waals surface area (Å²) in [7, 11) is 0. The molecule has 1 fully saturated rings. The highest BCUT2D eigenvalue weighted by Gasteiger charge is 2.44. The van der Waals surface area contributed by atoms with Crippen molar-refractivity contribution in [3.8, 4) is 0 Å². The number of esters is 3. The van der Waals surface area contributed by atoms with Gasteiger partial charge in [-0.1, -0.05) is 5.04 Å². The Bertz CT molecular complexity index is 497. The SMILES string of the molecule is O=C(COC(=O)C(F)(F)SOOO)CC(=O)OCC1CCOC1=O. The lowest BCUT2D eigenvalue weighted by Crippen LogP contribution is -2.30. The van der Waals surface area contributed by atoms with Gasteiger partial charge < -0.3 is 14.2 Å². The first-order chi connectivity index (χ1) is 11.3. The van der Waals surface area contributed by atoms with Crippen molar-refractivity contribution in [2.75, 3.05) is 19.8 Å². The van der Waals surface area contributed by atoms with E-state index in [1.807, 2.05) is 0 Å². The first-order valence-corrected chi connectivity index (χ1v) is 7.05. The highest BCUT2D eigenvalue weighted by Crippen LogP contribution is 2.31. The van der Waals surface area contributed by atoms with Crippen molar-refractivity contribution in [3.05, 3.63) is 0 Å². The van der Waals surface area contributed by atoms with Gasteiger partial charge in [-0.05, 0) is 6.42 Å². The van der Waals surface area contributed by atoms with Gasteiger partial charge in [-0.2, -0.15) is 8.78 Å². The minimum atomic E-state index is -4.24. The topological polar surface area (TPSA) is 135 Å². The molecule has 10 nitrogen and oxygen atoms in total. The number of rotatable bonds is 10. The fourth-order valence-corrected chi connectivity index (χ4v) is 1.71. The van der Waals surface area contributed by atoms with Crippen LogP contribution in [0.5, 0.6) is 0 Å². The molecule has 0 amide bonds. The standard InChI is InChI=1S/C11H12F2O10S/c12-11(13,24-23-22-18)10(17)21-5-7(14)3-8(15)20-4-6-1-2-19-9(6)16/h6,18H,1-5H2. The van der Waals surface area contributed by atoms with Crippen molar-refractivity contribution in [1.82, 2.24) is 0 Å². The summed E-state index contributed by atoms with van der Waals surface area (Å²) in [6.45, 7) is -1.15. The van der Waals surface area contributed by atoms with E-state index in [0.717, 1.165) is 0 Å². The van der Waals surface area contributed by atoms with Crippen LogP contribution in [0, 0.1) is 5.92 Å². The fraction of sp³-hybridized carbons (Fsp3) is 0.636. The van der Waals surface area contributed by atoms with Crippen LogP contribution < -0.4 is 0 Å². The Morgan fingerprint density at radius 2 is 2.04 bits per heavy atom. The van der Waals surface area contributed by atoms with E-state index in [9.17, 15) is 28.0 Å². The molecular formula is C11H12F2O10S. The number of carbonyl (C=O) groups excluding carboxylic acids is 4. The van der Waals surface area contributed by atoms with Crippen LogP contribution in [0.25, 0.3) is 0 Å². The molecule has 1 rings (SSSR count). The number of hydrogen-bond donors (Lipinski definition) is 1. The van der Waals surface area contributed by atoms with Crippen LogP contribution in [0.1, 0.15) is 12.8 Å². The van der Waals surface area contributed by atoms with Crippen LogP contribution in [-0.2, 0) is 42.8 Å². The zero-order chi connectivity index (χ0) is 18.2. The largest absolute Gasteiger partial charge is 0.465 e. The normalized spacial score (nSPS) is 17.3. The molecule has 1 N–H and O–H groups in total. The molecule has 0 aromatic heterocycles. The average Bonchev–Trinajstić information content (AvgIpc) is 2.93. The number of ether oxygens (including phenoxy) is 3. The van der Waals surface area contributed by atoms with Gasteiger partial charge in [0.1, 0.15) is 25.1 Å². The van der Waals surface area contributed by atoms with Gasteiger partial charge in [0.15, 0.2) is 12.4 Å². The molecule has 1 unspecified atom stereocenters. The van der Waals surface area contributed by atoms with Crippen LogP contribution in [0.15, 0.2) is 0 Å². The maximum atomic E-state index is 13.0. The molecule has 13 heteroatoms. The number of Topliss-reactive ketones (excluding diaryl/α,β-unsaturated/α-hetero) is 1. The molecule has 0 bridgehead atoms. The second kappa shape index (κ2) is 9.46. The zero-order valence-electron chi connectivity index (χ0n) is 11.9. The number of alkyl halides is 2. The summed E-state index contributed by atoms with van der Waals surface area (Å²) in [5, 5.41) is 6.36. The lowest BCUT2D eigenvalue weighted by Gasteiger charge is -2.11. The molecule has 1 atom stereocenters. The van der Waals surface area contributed by atoms with Crippen molar-refractivity contribution < 1.29 is 56.8 Å². The Morgan fingerprint density at radius 3 is 2.62 bits per heavy atom. The lowest BCUT2D eigenvalue weighted by molar-refractivity contribution is -0.433. The Kier molecular flexibility index (Phi) is 7.97. The van der Waals surface area contributed by atoms with E-state index in [-0.39, 0.29) is 13.2 Å². The monoisotopic (exact) mass is 374 g/mol. The molecule has 0 aromatic rings. The van der Waals surface area contributed by atoms with E-state index in [2.05, 4.69) is 23.6 Å². The quantitative estimate of drug-likeness (QED) is 0.141. The first kappa shape index (κ1) is 20.2. The molecule has 0 spiro atoms. The fourth-order valence-electron chi connectivity index (χ4n) is 1.47. The van der Waals surface area contributed by atoms with Crippen molar-refractivity contribution in [2.45, 2.75) is 18.1 Å². The van der Waals surface area contributed by atoms with Gasteiger partial charge in [0.2, 0.25) is 0 Å². The highest BCUT2D eigenvalue weighted by molar-refractivity contribution is 7.96. The second-order valence-corrected chi connectivity index (χ2v) is 5.19. The van der Waals surface area contributed by atoms with E-state index in [4.69, 9.17) is 5.26 Å². The lowest BCUT2D eigenvalue weighted by atomic mass is 10.1. The van der Waals surface area contributed by atoms with Crippen molar-refractivity contribution in [3.63, 3.8) is 0 Å². The molecule has 0 radical (unpaired) electrons. The predicted octanol–water partition coefficient (Wildman–Crippen LogP) is 0.257. The van der Waals surface area contributed by atoms with Gasteiger partial charge in [0, 0.05) is 0 Å². The number of halogens is 2. The summed E-state index contributed by atoms with van der Waals surface area (Å²) in [5.41, 5.74) is 0. The summed E-state index contributed by atoms with van der Waals surface area (Å²) in [4.78, 5) is 44.8. The molecule has 1 saturated heterocycles. The minimum Gasteiger partial charge on any atom is -0.465 e. The van der Waals surface area contributed by atoms with Crippen LogP contribution in [0.2, 0.25) is 0 Å². The van der Waals surface area contributed by atoms with Crippen LogP contribution >= 0.6 is 12.0 Å².